The minimum atomic E-state index is -2.70. The van der Waals surface area contributed by atoms with E-state index in [0.29, 0.717) is 27.6 Å². The lowest BCUT2D eigenvalue weighted by atomic mass is 9.93. The maximum absolute atomic E-state index is 15.3. The average molecular weight is 1060 g/mol. The van der Waals surface area contributed by atoms with E-state index in [9.17, 15) is 36.6 Å². The zero-order chi connectivity index (χ0) is 47.7. The number of nitrogen functional groups attached to an aromatic ring is 1. The van der Waals surface area contributed by atoms with Crippen LogP contribution in [0.2, 0.25) is 0 Å². The highest BCUT2D eigenvalue weighted by atomic mass is 79.9. The molecule has 0 aromatic heterocycles. The Kier molecular flexibility index (Phi) is 14.4. The normalized spacial score (nSPS) is 20.8. The standard InChI is InChI=1S/C25H27BrF3N3O.C14H16BrNO2.C11H13F3N2/c26-17-4-5-18(21(16-17)32-12-8-24(6-7-24)9-13-32)23(33)30-19-2-1-3-20(22(19)27)31-14-10-25(28,29)11-15-31;15-10-1-2-11(13(17)18)12(9-10)16-7-5-14(3-4-14)6-8-16;12-10-8(15)2-1-3-9(10)16-6-4-11(13,14)5-7-16/h1-5,16H,6-15H2,(H,30,33);1-2,9H,3-8H2,(H,17,18);1-3H,4-7,15H2. The summed E-state index contributed by atoms with van der Waals surface area (Å²) in [5, 5.41) is 12.0. The number of carbonyl (C=O) groups excluding carboxylic acids is 1. The number of carboxylic acids is 1. The number of piperidine rings is 4. The molecule has 0 radical (unpaired) electrons. The van der Waals surface area contributed by atoms with Gasteiger partial charge in [0.25, 0.3) is 17.8 Å². The van der Waals surface area contributed by atoms with Gasteiger partial charge in [0.15, 0.2) is 11.6 Å². The summed E-state index contributed by atoms with van der Waals surface area (Å²) in [5.41, 5.74) is 9.82. The highest BCUT2D eigenvalue weighted by molar-refractivity contribution is 9.10. The molecule has 4 aromatic rings. The first-order valence-electron chi connectivity index (χ1n) is 23.1. The molecule has 0 bridgehead atoms. The van der Waals surface area contributed by atoms with Crippen LogP contribution in [0.4, 0.5) is 60.5 Å². The van der Waals surface area contributed by atoms with Gasteiger partial charge < -0.3 is 35.8 Å². The molecule has 0 unspecified atom stereocenters. The minimum absolute atomic E-state index is 0.0508. The van der Waals surface area contributed by atoms with Crippen molar-refractivity contribution in [1.82, 2.24) is 0 Å². The summed E-state index contributed by atoms with van der Waals surface area (Å²) in [5.74, 6) is -7.66. The predicted octanol–water partition coefficient (Wildman–Crippen LogP) is 12.6. The zero-order valence-electron chi connectivity index (χ0n) is 37.2. The van der Waals surface area contributed by atoms with Crippen LogP contribution in [-0.2, 0) is 0 Å². The maximum atomic E-state index is 15.3. The van der Waals surface area contributed by atoms with E-state index in [1.807, 2.05) is 18.2 Å². The van der Waals surface area contributed by atoms with Gasteiger partial charge in [0, 0.05) is 87.0 Å². The quantitative estimate of drug-likeness (QED) is 0.124. The van der Waals surface area contributed by atoms with Crippen LogP contribution in [0.1, 0.15) is 97.8 Å². The van der Waals surface area contributed by atoms with Gasteiger partial charge in [-0.15, -0.1) is 0 Å². The number of hydrogen-bond acceptors (Lipinski definition) is 7. The summed E-state index contributed by atoms with van der Waals surface area (Å²) in [6, 6.07) is 20.3. The third-order valence-electron chi connectivity index (χ3n) is 14.5. The van der Waals surface area contributed by atoms with Crippen molar-refractivity contribution >= 4 is 77.9 Å². The summed E-state index contributed by atoms with van der Waals surface area (Å²) in [7, 11) is 0. The monoisotopic (exact) mass is 1060 g/mol. The number of carbonyl (C=O) groups is 2. The SMILES string of the molecule is Nc1cccc(N2CCC(F)(F)CC2)c1F.O=C(Nc1cccc(N2CCC(F)(F)CC2)c1F)c1ccc(Br)cc1N1CCC2(CC1)CC2.O=C(O)c1ccc(Br)cc1N1CCC2(CC1)CC2. The van der Waals surface area contributed by atoms with Crippen molar-refractivity contribution in [3.05, 3.63) is 105 Å². The van der Waals surface area contributed by atoms with E-state index in [1.54, 1.807) is 52.3 Å². The number of alkyl halides is 4. The molecule has 6 aliphatic rings. The van der Waals surface area contributed by atoms with Crippen molar-refractivity contribution in [2.75, 3.05) is 83.0 Å². The summed E-state index contributed by atoms with van der Waals surface area (Å²) in [6.07, 6.45) is 8.94. The maximum Gasteiger partial charge on any atom is 0.337 e. The van der Waals surface area contributed by atoms with Crippen LogP contribution < -0.4 is 30.7 Å². The second-order valence-electron chi connectivity index (χ2n) is 19.1. The Morgan fingerprint density at radius 3 is 1.36 bits per heavy atom. The molecule has 2 spiro atoms. The Morgan fingerprint density at radius 2 is 0.910 bits per heavy atom. The number of anilines is 6. The number of benzene rings is 4. The molecule has 4 N–H and O–H groups in total. The predicted molar refractivity (Wildman–Crippen MR) is 259 cm³/mol. The number of aromatic carboxylic acids is 1. The van der Waals surface area contributed by atoms with Gasteiger partial charge >= 0.3 is 5.97 Å². The summed E-state index contributed by atoms with van der Waals surface area (Å²) in [4.78, 5) is 32.2. The van der Waals surface area contributed by atoms with Crippen LogP contribution in [0.25, 0.3) is 0 Å². The first-order valence-corrected chi connectivity index (χ1v) is 24.6. The van der Waals surface area contributed by atoms with Crippen molar-refractivity contribution in [1.29, 1.82) is 0 Å². The van der Waals surface area contributed by atoms with Crippen molar-refractivity contribution in [2.24, 2.45) is 10.8 Å². The fourth-order valence-corrected chi connectivity index (χ4v) is 10.4. The fourth-order valence-electron chi connectivity index (χ4n) is 9.68. The van der Waals surface area contributed by atoms with Crippen LogP contribution in [0, 0.1) is 22.5 Å². The topological polar surface area (TPSA) is 105 Å². The molecular formula is C50H56Br2F6N6O3. The first kappa shape index (κ1) is 48.8. The lowest BCUT2D eigenvalue weighted by molar-refractivity contribution is -0.0227. The van der Waals surface area contributed by atoms with Gasteiger partial charge in [-0.05, 0) is 123 Å². The van der Waals surface area contributed by atoms with Gasteiger partial charge in [0.2, 0.25) is 0 Å². The summed E-state index contributed by atoms with van der Waals surface area (Å²) >= 11 is 6.94. The van der Waals surface area contributed by atoms with E-state index in [0.717, 1.165) is 59.3 Å². The van der Waals surface area contributed by atoms with Crippen LogP contribution in [0.15, 0.2) is 81.7 Å². The number of amides is 1. The van der Waals surface area contributed by atoms with E-state index in [2.05, 4.69) is 47.0 Å². The van der Waals surface area contributed by atoms with E-state index in [1.165, 1.54) is 50.7 Å². The number of hydrogen-bond donors (Lipinski definition) is 3. The number of nitrogens with two attached hydrogens (primary N) is 1. The van der Waals surface area contributed by atoms with Gasteiger partial charge in [-0.1, -0.05) is 44.0 Å². The highest BCUT2D eigenvalue weighted by Crippen LogP contribution is 2.55. The molecule has 4 heterocycles. The first-order chi connectivity index (χ1) is 31.8. The van der Waals surface area contributed by atoms with Crippen molar-refractivity contribution in [3.8, 4) is 0 Å². The van der Waals surface area contributed by atoms with Crippen molar-refractivity contribution in [3.63, 3.8) is 0 Å². The van der Waals surface area contributed by atoms with Crippen LogP contribution in [0.3, 0.4) is 0 Å². The van der Waals surface area contributed by atoms with Gasteiger partial charge in [-0.2, -0.15) is 0 Å². The second kappa shape index (κ2) is 19.8. The zero-order valence-corrected chi connectivity index (χ0v) is 40.4. The number of halogens is 8. The lowest BCUT2D eigenvalue weighted by Crippen LogP contribution is -2.39. The summed E-state index contributed by atoms with van der Waals surface area (Å²) in [6.45, 7) is 4.25. The average Bonchev–Trinajstić information content (AvgIpc) is 4.24. The molecule has 67 heavy (non-hydrogen) atoms. The number of rotatable bonds is 7. The van der Waals surface area contributed by atoms with E-state index >= 15 is 4.39 Å². The molecule has 17 heteroatoms. The molecule has 4 saturated heterocycles. The van der Waals surface area contributed by atoms with Crippen molar-refractivity contribution < 1.29 is 41.0 Å². The van der Waals surface area contributed by atoms with Crippen molar-refractivity contribution in [2.45, 2.75) is 88.9 Å². The Morgan fingerprint density at radius 1 is 0.522 bits per heavy atom. The van der Waals surface area contributed by atoms with E-state index in [-0.39, 0.29) is 74.8 Å². The Bertz CT molecular complexity index is 2430. The number of nitrogens with zero attached hydrogens (tertiary/aromatic N) is 4. The largest absolute Gasteiger partial charge is 0.478 e. The molecule has 6 fully saturated rings. The molecule has 2 saturated carbocycles. The molecule has 4 aliphatic heterocycles. The molecule has 2 aliphatic carbocycles. The Balaban J connectivity index is 0.000000150. The Hall–Kier alpha value is -4.64. The number of carboxylic acid groups (broad SMARTS) is 1. The third-order valence-corrected chi connectivity index (χ3v) is 15.5. The van der Waals surface area contributed by atoms with E-state index in [4.69, 9.17) is 5.73 Å². The van der Waals surface area contributed by atoms with Gasteiger partial charge in [-0.25, -0.2) is 31.1 Å². The molecular weight excluding hydrogens is 1010 g/mol. The fraction of sp³-hybridized carbons (Fsp3) is 0.480. The van der Waals surface area contributed by atoms with Crippen LogP contribution in [0.5, 0.6) is 0 Å². The smallest absolute Gasteiger partial charge is 0.337 e. The van der Waals surface area contributed by atoms with Crippen LogP contribution in [-0.4, -0.2) is 81.2 Å². The molecule has 9 nitrogen and oxygen atoms in total. The molecule has 1 amide bonds. The van der Waals surface area contributed by atoms with E-state index < -0.39 is 29.4 Å². The van der Waals surface area contributed by atoms with Gasteiger partial charge in [0.05, 0.1) is 45.3 Å². The van der Waals surface area contributed by atoms with Crippen LogP contribution >= 0.6 is 31.9 Å². The lowest BCUT2D eigenvalue weighted by Gasteiger charge is -2.35. The third kappa shape index (κ3) is 11.8. The van der Waals surface area contributed by atoms with Gasteiger partial charge in [-0.3, -0.25) is 4.79 Å². The highest BCUT2D eigenvalue weighted by Gasteiger charge is 2.46. The summed E-state index contributed by atoms with van der Waals surface area (Å²) < 4.78 is 83.6. The minimum Gasteiger partial charge on any atom is -0.478 e. The Labute approximate surface area is 404 Å². The number of nitrogens with one attached hydrogen (secondary N) is 1. The molecule has 360 valence electrons. The molecule has 4 aromatic carbocycles. The van der Waals surface area contributed by atoms with Gasteiger partial charge in [0.1, 0.15) is 0 Å². The molecule has 10 rings (SSSR count). The second-order valence-corrected chi connectivity index (χ2v) is 20.9. The molecule has 0 atom stereocenters.